The predicted octanol–water partition coefficient (Wildman–Crippen LogP) is 6.68. The van der Waals surface area contributed by atoms with Gasteiger partial charge in [0.25, 0.3) is 0 Å². The first kappa shape index (κ1) is 26.2. The molecule has 0 bridgehead atoms. The summed E-state index contributed by atoms with van der Waals surface area (Å²) in [5, 5.41) is 8.45. The van der Waals surface area contributed by atoms with Gasteiger partial charge in [-0.2, -0.15) is 0 Å². The van der Waals surface area contributed by atoms with Gasteiger partial charge in [0.2, 0.25) is 5.91 Å². The van der Waals surface area contributed by atoms with Crippen molar-refractivity contribution in [2.75, 3.05) is 11.9 Å². The molecule has 6 nitrogen and oxygen atoms in total. The first-order chi connectivity index (χ1) is 17.8. The number of rotatable bonds is 10. The highest BCUT2D eigenvalue weighted by atomic mass is 35.5. The Kier molecular flexibility index (Phi) is 8.46. The van der Waals surface area contributed by atoms with Gasteiger partial charge in [0.15, 0.2) is 11.5 Å². The molecule has 1 unspecified atom stereocenters. The van der Waals surface area contributed by atoms with Gasteiger partial charge in [-0.15, -0.1) is 0 Å². The Morgan fingerprint density at radius 1 is 1.03 bits per heavy atom. The number of ether oxygens (including phenoxy) is 2. The van der Waals surface area contributed by atoms with Crippen molar-refractivity contribution in [2.45, 2.75) is 39.5 Å². The molecule has 1 heterocycles. The van der Waals surface area contributed by atoms with E-state index in [0.717, 1.165) is 16.5 Å². The number of nitrogens with zero attached hydrogens (tertiary/aromatic N) is 1. The zero-order chi connectivity index (χ0) is 26.4. The number of hydrogen-bond donors (Lipinski definition) is 2. The van der Waals surface area contributed by atoms with Crippen LogP contribution in [0, 0.1) is 5.82 Å². The van der Waals surface area contributed by atoms with Gasteiger partial charge in [0.05, 0.1) is 12.7 Å². The summed E-state index contributed by atoms with van der Waals surface area (Å²) >= 11 is 5.86. The number of hydrogen-bond acceptors (Lipinski definition) is 5. The van der Waals surface area contributed by atoms with Crippen LogP contribution in [0.2, 0.25) is 5.02 Å². The number of fused-ring (bicyclic) bond motifs is 1. The summed E-state index contributed by atoms with van der Waals surface area (Å²) in [5.41, 5.74) is 1.76. The van der Waals surface area contributed by atoms with Crippen LogP contribution in [0.1, 0.15) is 37.9 Å². The van der Waals surface area contributed by atoms with Crippen LogP contribution in [0.4, 0.5) is 10.1 Å². The molecule has 37 heavy (non-hydrogen) atoms. The van der Waals surface area contributed by atoms with Crippen LogP contribution >= 0.6 is 11.6 Å². The summed E-state index contributed by atoms with van der Waals surface area (Å²) in [5.74, 6) is 0.334. The Balaban J connectivity index is 1.66. The van der Waals surface area contributed by atoms with Crippen LogP contribution in [-0.4, -0.2) is 23.6 Å². The number of carbonyl (C=O) groups is 1. The van der Waals surface area contributed by atoms with E-state index in [2.05, 4.69) is 15.6 Å². The Hall–Kier alpha value is -3.84. The van der Waals surface area contributed by atoms with Crippen molar-refractivity contribution in [2.24, 2.45) is 0 Å². The van der Waals surface area contributed by atoms with Gasteiger partial charge in [0.1, 0.15) is 11.9 Å². The van der Waals surface area contributed by atoms with E-state index in [9.17, 15) is 9.18 Å². The lowest BCUT2D eigenvalue weighted by atomic mass is 10.0. The highest BCUT2D eigenvalue weighted by molar-refractivity contribution is 6.30. The molecule has 0 radical (unpaired) electrons. The number of anilines is 1. The van der Waals surface area contributed by atoms with E-state index in [1.807, 2.05) is 51.1 Å². The molecule has 8 heteroatoms. The van der Waals surface area contributed by atoms with Crippen LogP contribution in [0.25, 0.3) is 10.8 Å². The van der Waals surface area contributed by atoms with Crippen LogP contribution in [0.3, 0.4) is 0 Å². The van der Waals surface area contributed by atoms with Crippen LogP contribution in [0.15, 0.2) is 73.1 Å². The van der Waals surface area contributed by atoms with E-state index in [0.29, 0.717) is 34.3 Å². The van der Waals surface area contributed by atoms with E-state index >= 15 is 0 Å². The highest BCUT2D eigenvalue weighted by Gasteiger charge is 2.23. The van der Waals surface area contributed by atoms with Crippen molar-refractivity contribution in [1.29, 1.82) is 0 Å². The standard InChI is InChI=1S/C29H29ClFN3O3/c1-4-36-27-14-20(7-10-26(27)37-18(2)3)28(29(35)33-17-22-5-8-23(30)15-25(22)31)34-24-9-6-21-16-32-12-11-19(21)13-24/h5-16,18,28,34H,4,17H2,1-3H3,(H,33,35). The molecule has 192 valence electrons. The van der Waals surface area contributed by atoms with Gasteiger partial charge in [-0.05, 0) is 74.2 Å². The fourth-order valence-electron chi connectivity index (χ4n) is 3.91. The maximum absolute atomic E-state index is 14.3. The Morgan fingerprint density at radius 3 is 2.62 bits per heavy atom. The summed E-state index contributed by atoms with van der Waals surface area (Å²) in [6.45, 7) is 6.21. The summed E-state index contributed by atoms with van der Waals surface area (Å²) < 4.78 is 26.0. The molecular formula is C29H29ClFN3O3. The van der Waals surface area contributed by atoms with E-state index in [1.165, 1.54) is 6.07 Å². The van der Waals surface area contributed by atoms with Gasteiger partial charge >= 0.3 is 0 Å². The number of halogens is 2. The maximum atomic E-state index is 14.3. The summed E-state index contributed by atoms with van der Waals surface area (Å²) in [7, 11) is 0. The maximum Gasteiger partial charge on any atom is 0.247 e. The quantitative estimate of drug-likeness (QED) is 0.243. The Morgan fingerprint density at radius 2 is 1.86 bits per heavy atom. The summed E-state index contributed by atoms with van der Waals surface area (Å²) in [4.78, 5) is 17.6. The van der Waals surface area contributed by atoms with E-state index < -0.39 is 11.9 Å². The molecule has 0 aliphatic heterocycles. The van der Waals surface area contributed by atoms with Crippen molar-refractivity contribution >= 4 is 34.0 Å². The predicted molar refractivity (Wildman–Crippen MR) is 145 cm³/mol. The van der Waals surface area contributed by atoms with Crippen molar-refractivity contribution in [3.63, 3.8) is 0 Å². The van der Waals surface area contributed by atoms with E-state index in [-0.39, 0.29) is 18.6 Å². The number of carbonyl (C=O) groups excluding carboxylic acids is 1. The molecule has 2 N–H and O–H groups in total. The minimum atomic E-state index is -0.790. The van der Waals surface area contributed by atoms with E-state index in [4.69, 9.17) is 21.1 Å². The van der Waals surface area contributed by atoms with Crippen molar-refractivity contribution in [3.05, 3.63) is 95.0 Å². The molecule has 0 fully saturated rings. The smallest absolute Gasteiger partial charge is 0.247 e. The molecule has 3 aromatic carbocycles. The molecule has 1 aromatic heterocycles. The average Bonchev–Trinajstić information content (AvgIpc) is 2.87. The normalized spacial score (nSPS) is 11.8. The summed E-state index contributed by atoms with van der Waals surface area (Å²) in [6, 6.07) is 16.7. The lowest BCUT2D eigenvalue weighted by Crippen LogP contribution is -2.33. The average molecular weight is 522 g/mol. The fourth-order valence-corrected chi connectivity index (χ4v) is 4.07. The van der Waals surface area contributed by atoms with Crippen molar-refractivity contribution in [3.8, 4) is 11.5 Å². The number of amides is 1. The third-order valence-electron chi connectivity index (χ3n) is 5.65. The van der Waals surface area contributed by atoms with Gasteiger partial charge < -0.3 is 20.1 Å². The molecule has 0 saturated heterocycles. The molecule has 1 atom stereocenters. The second kappa shape index (κ2) is 11.9. The zero-order valence-electron chi connectivity index (χ0n) is 20.9. The van der Waals surface area contributed by atoms with Crippen molar-refractivity contribution in [1.82, 2.24) is 10.3 Å². The molecule has 4 aromatic rings. The molecular weight excluding hydrogens is 493 g/mol. The number of nitrogens with one attached hydrogen (secondary N) is 2. The summed E-state index contributed by atoms with van der Waals surface area (Å²) in [6.07, 6.45) is 3.47. The minimum absolute atomic E-state index is 0.0102. The van der Waals surface area contributed by atoms with Crippen molar-refractivity contribution < 1.29 is 18.7 Å². The minimum Gasteiger partial charge on any atom is -0.490 e. The van der Waals surface area contributed by atoms with Gasteiger partial charge in [-0.3, -0.25) is 9.78 Å². The molecule has 1 amide bonds. The first-order valence-corrected chi connectivity index (χ1v) is 12.5. The van der Waals surface area contributed by atoms with E-state index in [1.54, 1.807) is 36.7 Å². The molecule has 0 spiro atoms. The third kappa shape index (κ3) is 6.68. The van der Waals surface area contributed by atoms with Crippen LogP contribution < -0.4 is 20.1 Å². The largest absolute Gasteiger partial charge is 0.490 e. The lowest BCUT2D eigenvalue weighted by molar-refractivity contribution is -0.122. The second-order valence-corrected chi connectivity index (χ2v) is 9.21. The SMILES string of the molecule is CCOc1cc(C(Nc2ccc3cnccc3c2)C(=O)NCc2ccc(Cl)cc2F)ccc1OC(C)C. The molecule has 0 aliphatic carbocycles. The number of benzene rings is 3. The molecule has 0 aliphatic rings. The number of aromatic nitrogens is 1. The second-order valence-electron chi connectivity index (χ2n) is 8.77. The van der Waals surface area contributed by atoms with Crippen LogP contribution in [-0.2, 0) is 11.3 Å². The topological polar surface area (TPSA) is 72.5 Å². The van der Waals surface area contributed by atoms with Crippen LogP contribution in [0.5, 0.6) is 11.5 Å². The van der Waals surface area contributed by atoms with Gasteiger partial charge in [-0.1, -0.05) is 29.8 Å². The molecule has 0 saturated carbocycles. The first-order valence-electron chi connectivity index (χ1n) is 12.1. The third-order valence-corrected chi connectivity index (χ3v) is 5.88. The Bertz CT molecular complexity index is 1400. The molecule has 4 rings (SSSR count). The lowest BCUT2D eigenvalue weighted by Gasteiger charge is -2.22. The Labute approximate surface area is 220 Å². The monoisotopic (exact) mass is 521 g/mol. The highest BCUT2D eigenvalue weighted by Crippen LogP contribution is 2.33. The van der Waals surface area contributed by atoms with Gasteiger partial charge in [-0.25, -0.2) is 4.39 Å². The fraction of sp³-hybridized carbons (Fsp3) is 0.241. The zero-order valence-corrected chi connectivity index (χ0v) is 21.7. The number of pyridine rings is 1. The van der Waals surface area contributed by atoms with Gasteiger partial charge in [0, 0.05) is 40.6 Å².